The van der Waals surface area contributed by atoms with Crippen LogP contribution in [0.4, 0.5) is 0 Å². The van der Waals surface area contributed by atoms with Gasteiger partial charge >= 0.3 is 0 Å². The second-order valence-electron chi connectivity index (χ2n) is 8.12. The van der Waals surface area contributed by atoms with E-state index in [1.807, 2.05) is 69.9 Å². The van der Waals surface area contributed by atoms with E-state index in [1.165, 1.54) is 0 Å². The van der Waals surface area contributed by atoms with Gasteiger partial charge in [-0.15, -0.1) is 0 Å². The van der Waals surface area contributed by atoms with Crippen molar-refractivity contribution in [1.29, 1.82) is 0 Å². The second kappa shape index (κ2) is 8.98. The Morgan fingerprint density at radius 2 is 1.81 bits per heavy atom. The third-order valence-corrected chi connectivity index (χ3v) is 5.66. The smallest absolute Gasteiger partial charge is 0.251 e. The fourth-order valence-corrected chi connectivity index (χ4v) is 4.00. The third-order valence-electron chi connectivity index (χ3n) is 5.66. The topological polar surface area (TPSA) is 82.4 Å². The van der Waals surface area contributed by atoms with Gasteiger partial charge in [-0.2, -0.15) is 5.10 Å². The molecule has 8 heteroatoms. The number of aryl methyl sites for hydroxylation is 3. The lowest BCUT2D eigenvalue weighted by atomic mass is 10.1. The van der Waals surface area contributed by atoms with Gasteiger partial charge in [-0.25, -0.2) is 14.6 Å². The van der Waals surface area contributed by atoms with Crippen molar-refractivity contribution in [2.45, 2.75) is 47.1 Å². The van der Waals surface area contributed by atoms with Crippen LogP contribution in [0.5, 0.6) is 11.5 Å². The zero-order valence-corrected chi connectivity index (χ0v) is 19.3. The molecule has 8 nitrogen and oxygen atoms in total. The highest BCUT2D eigenvalue weighted by atomic mass is 16.6. The highest BCUT2D eigenvalue weighted by Crippen LogP contribution is 2.31. The van der Waals surface area contributed by atoms with E-state index in [4.69, 9.17) is 9.47 Å². The van der Waals surface area contributed by atoms with Crippen molar-refractivity contribution in [2.24, 2.45) is 0 Å². The summed E-state index contributed by atoms with van der Waals surface area (Å²) in [6, 6.07) is 9.52. The Morgan fingerprint density at radius 3 is 2.50 bits per heavy atom. The van der Waals surface area contributed by atoms with Gasteiger partial charge in [-0.1, -0.05) is 12.1 Å². The first-order valence-corrected chi connectivity index (χ1v) is 10.9. The van der Waals surface area contributed by atoms with Crippen molar-refractivity contribution >= 4 is 5.91 Å². The van der Waals surface area contributed by atoms with E-state index in [0.717, 1.165) is 34.1 Å². The molecule has 1 aliphatic rings. The maximum Gasteiger partial charge on any atom is 0.251 e. The van der Waals surface area contributed by atoms with Crippen molar-refractivity contribution in [3.05, 3.63) is 58.7 Å². The predicted octanol–water partition coefficient (Wildman–Crippen LogP) is 3.13. The van der Waals surface area contributed by atoms with Crippen LogP contribution in [-0.2, 0) is 11.2 Å². The summed E-state index contributed by atoms with van der Waals surface area (Å²) in [5.41, 5.74) is 4.35. The number of ether oxygens (including phenoxy) is 2. The van der Waals surface area contributed by atoms with Crippen LogP contribution in [-0.4, -0.2) is 56.4 Å². The maximum absolute atomic E-state index is 13.2. The first-order valence-electron chi connectivity index (χ1n) is 10.9. The zero-order chi connectivity index (χ0) is 22.8. The Labute approximate surface area is 188 Å². The summed E-state index contributed by atoms with van der Waals surface area (Å²) in [6.45, 7) is 11.2. The normalized spacial score (nSPS) is 15.0. The largest absolute Gasteiger partial charge is 0.486 e. The van der Waals surface area contributed by atoms with Crippen LogP contribution in [0.15, 0.2) is 30.3 Å². The Hall–Kier alpha value is -3.42. The zero-order valence-electron chi connectivity index (χ0n) is 19.3. The molecule has 0 bridgehead atoms. The molecule has 1 unspecified atom stereocenters. The van der Waals surface area contributed by atoms with Crippen LogP contribution in [0, 0.1) is 27.7 Å². The van der Waals surface area contributed by atoms with Crippen molar-refractivity contribution < 1.29 is 14.3 Å². The van der Waals surface area contributed by atoms with Crippen LogP contribution >= 0.6 is 0 Å². The third kappa shape index (κ3) is 4.44. The van der Waals surface area contributed by atoms with Gasteiger partial charge in [0.25, 0.3) is 5.95 Å². The first kappa shape index (κ1) is 21.8. The number of likely N-dealkylation sites (N-methyl/N-ethyl adjacent to an activating group) is 1. The SMILES string of the molecule is CCN(CC1COc2ccccc2O1)C(=O)Cc1c(C)nn(-c2nc(C)cc(C)n2)c1C. The van der Waals surface area contributed by atoms with E-state index in [9.17, 15) is 4.79 Å². The van der Waals surface area contributed by atoms with Crippen LogP contribution < -0.4 is 9.47 Å². The van der Waals surface area contributed by atoms with Crippen molar-refractivity contribution in [2.75, 3.05) is 19.7 Å². The number of rotatable bonds is 6. The molecule has 3 heterocycles. The average molecular weight is 436 g/mol. The first-order chi connectivity index (χ1) is 15.4. The lowest BCUT2D eigenvalue weighted by molar-refractivity contribution is -0.131. The van der Waals surface area contributed by atoms with Crippen LogP contribution in [0.3, 0.4) is 0 Å². The Morgan fingerprint density at radius 1 is 1.12 bits per heavy atom. The van der Waals surface area contributed by atoms with Crippen LogP contribution in [0.2, 0.25) is 0 Å². The molecule has 0 N–H and O–H groups in total. The highest BCUT2D eigenvalue weighted by Gasteiger charge is 2.26. The average Bonchev–Trinajstić information content (AvgIpc) is 3.05. The number of carbonyl (C=O) groups is 1. The monoisotopic (exact) mass is 435 g/mol. The van der Waals surface area contributed by atoms with E-state index >= 15 is 0 Å². The Bertz CT molecular complexity index is 1120. The maximum atomic E-state index is 13.2. The van der Waals surface area contributed by atoms with E-state index in [2.05, 4.69) is 15.1 Å². The van der Waals surface area contributed by atoms with Crippen LogP contribution in [0.25, 0.3) is 5.95 Å². The molecule has 0 fully saturated rings. The van der Waals surface area contributed by atoms with Gasteiger partial charge in [0.05, 0.1) is 18.7 Å². The number of fused-ring (bicyclic) bond motifs is 1. The van der Waals surface area contributed by atoms with Gasteiger partial charge in [0.2, 0.25) is 5.91 Å². The van der Waals surface area contributed by atoms with Gasteiger partial charge in [0.15, 0.2) is 17.6 Å². The standard InChI is InChI=1S/C24H29N5O3/c1-6-28(13-19-14-31-21-9-7-8-10-22(21)32-19)23(30)12-20-17(4)27-29(18(20)5)24-25-15(2)11-16(3)26-24/h7-11,19H,6,12-14H2,1-5H3. The predicted molar refractivity (Wildman–Crippen MR) is 120 cm³/mol. The molecule has 0 saturated heterocycles. The molecular formula is C24H29N5O3. The van der Waals surface area contributed by atoms with E-state index in [-0.39, 0.29) is 18.4 Å². The van der Waals surface area contributed by atoms with Crippen molar-refractivity contribution in [1.82, 2.24) is 24.6 Å². The minimum absolute atomic E-state index is 0.0297. The summed E-state index contributed by atoms with van der Waals surface area (Å²) in [4.78, 5) is 24.0. The summed E-state index contributed by atoms with van der Waals surface area (Å²) in [7, 11) is 0. The number of nitrogens with zero attached hydrogens (tertiary/aromatic N) is 5. The fourth-order valence-electron chi connectivity index (χ4n) is 4.00. The van der Waals surface area contributed by atoms with E-state index in [0.29, 0.717) is 31.4 Å². The number of hydrogen-bond donors (Lipinski definition) is 0. The molecule has 3 aromatic rings. The Balaban J connectivity index is 1.48. The van der Waals surface area contributed by atoms with Crippen molar-refractivity contribution in [3.8, 4) is 17.4 Å². The summed E-state index contributed by atoms with van der Waals surface area (Å²) < 4.78 is 13.6. The number of benzene rings is 1. The molecule has 168 valence electrons. The molecule has 4 rings (SSSR count). The Kier molecular flexibility index (Phi) is 6.12. The summed E-state index contributed by atoms with van der Waals surface area (Å²) in [5, 5.41) is 4.62. The molecule has 0 aliphatic carbocycles. The molecule has 1 atom stereocenters. The number of para-hydroxylation sites is 2. The van der Waals surface area contributed by atoms with Gasteiger partial charge in [0, 0.05) is 29.2 Å². The van der Waals surface area contributed by atoms with Gasteiger partial charge in [-0.05, 0) is 52.8 Å². The lowest BCUT2D eigenvalue weighted by Gasteiger charge is -2.31. The molecule has 2 aromatic heterocycles. The summed E-state index contributed by atoms with van der Waals surface area (Å²) in [5.74, 6) is 2.02. The molecule has 0 spiro atoms. The minimum Gasteiger partial charge on any atom is -0.486 e. The number of hydrogen-bond acceptors (Lipinski definition) is 6. The number of carbonyl (C=O) groups excluding carboxylic acids is 1. The van der Waals surface area contributed by atoms with Crippen molar-refractivity contribution in [3.63, 3.8) is 0 Å². The molecular weight excluding hydrogens is 406 g/mol. The van der Waals surface area contributed by atoms with Gasteiger partial charge in [0.1, 0.15) is 6.61 Å². The number of amides is 1. The molecule has 1 aromatic carbocycles. The quantitative estimate of drug-likeness (QED) is 0.592. The van der Waals surface area contributed by atoms with Gasteiger partial charge < -0.3 is 14.4 Å². The molecule has 0 saturated carbocycles. The van der Waals surface area contributed by atoms with Gasteiger partial charge in [-0.3, -0.25) is 4.79 Å². The molecule has 0 radical (unpaired) electrons. The lowest BCUT2D eigenvalue weighted by Crippen LogP contribution is -2.44. The van der Waals surface area contributed by atoms with E-state index in [1.54, 1.807) is 4.68 Å². The molecule has 1 aliphatic heterocycles. The fraction of sp³-hybridized carbons (Fsp3) is 0.417. The minimum atomic E-state index is -0.206. The number of aromatic nitrogens is 4. The van der Waals surface area contributed by atoms with Crippen LogP contribution in [0.1, 0.15) is 35.3 Å². The second-order valence-corrected chi connectivity index (χ2v) is 8.12. The molecule has 1 amide bonds. The summed E-state index contributed by atoms with van der Waals surface area (Å²) in [6.07, 6.45) is 0.0582. The molecule has 32 heavy (non-hydrogen) atoms. The highest BCUT2D eigenvalue weighted by molar-refractivity contribution is 5.79. The summed E-state index contributed by atoms with van der Waals surface area (Å²) >= 11 is 0. The van der Waals surface area contributed by atoms with E-state index < -0.39 is 0 Å².